The lowest BCUT2D eigenvalue weighted by molar-refractivity contribution is -0.188. The summed E-state index contributed by atoms with van der Waals surface area (Å²) in [5.41, 5.74) is -0.341. The van der Waals surface area contributed by atoms with Gasteiger partial charge in [0.2, 0.25) is 0 Å². The van der Waals surface area contributed by atoms with Crippen molar-refractivity contribution in [3.8, 4) is 6.07 Å². The Kier molecular flexibility index (Phi) is 3.02. The molecule has 78 valence electrons. The average Bonchev–Trinajstić information content (AvgIpc) is 2.86. The van der Waals surface area contributed by atoms with Gasteiger partial charge in [0.25, 0.3) is 0 Å². The molecule has 0 bridgehead atoms. The maximum absolute atomic E-state index is 8.60. The van der Waals surface area contributed by atoms with E-state index in [9.17, 15) is 0 Å². The van der Waals surface area contributed by atoms with Crippen LogP contribution in [0, 0.1) is 11.3 Å². The first kappa shape index (κ1) is 9.91. The average molecular weight is 197 g/mol. The van der Waals surface area contributed by atoms with Gasteiger partial charge in [0, 0.05) is 13.0 Å². The Morgan fingerprint density at radius 1 is 1.29 bits per heavy atom. The van der Waals surface area contributed by atoms with E-state index in [1.54, 1.807) is 0 Å². The molecular formula is C10H15NO3. The fourth-order valence-electron chi connectivity index (χ4n) is 2.15. The van der Waals surface area contributed by atoms with E-state index in [-0.39, 0.29) is 11.9 Å². The van der Waals surface area contributed by atoms with Crippen LogP contribution in [0.2, 0.25) is 0 Å². The largest absolute Gasteiger partial charge is 0.370 e. The summed E-state index contributed by atoms with van der Waals surface area (Å²) in [6.07, 6.45) is 2.95. The number of ether oxygens (including phenoxy) is 3. The van der Waals surface area contributed by atoms with Crippen molar-refractivity contribution in [3.05, 3.63) is 0 Å². The molecule has 0 amide bonds. The van der Waals surface area contributed by atoms with Crippen molar-refractivity contribution in [2.24, 2.45) is 0 Å². The predicted octanol–water partition coefficient (Wildman–Crippen LogP) is 1.21. The van der Waals surface area contributed by atoms with Crippen LogP contribution in [0.3, 0.4) is 0 Å². The van der Waals surface area contributed by atoms with E-state index in [0.29, 0.717) is 26.1 Å². The number of nitrogens with zero attached hydrogens (tertiary/aromatic N) is 1. The van der Waals surface area contributed by atoms with Gasteiger partial charge in [-0.15, -0.1) is 0 Å². The minimum atomic E-state index is -0.341. The van der Waals surface area contributed by atoms with Crippen LogP contribution < -0.4 is 0 Å². The number of hydrogen-bond acceptors (Lipinski definition) is 4. The number of rotatable bonds is 3. The Morgan fingerprint density at radius 2 is 2.07 bits per heavy atom. The van der Waals surface area contributed by atoms with E-state index >= 15 is 0 Å². The lowest BCUT2D eigenvalue weighted by Crippen LogP contribution is -2.42. The molecule has 0 aromatic heterocycles. The highest BCUT2D eigenvalue weighted by molar-refractivity contribution is 4.92. The van der Waals surface area contributed by atoms with Gasteiger partial charge in [0.1, 0.15) is 5.60 Å². The van der Waals surface area contributed by atoms with E-state index in [0.717, 1.165) is 19.4 Å². The summed E-state index contributed by atoms with van der Waals surface area (Å²) in [5.74, 6) is 0. The molecule has 0 aromatic rings. The van der Waals surface area contributed by atoms with Crippen molar-refractivity contribution in [3.63, 3.8) is 0 Å². The van der Waals surface area contributed by atoms with Crippen LogP contribution in [0.5, 0.6) is 0 Å². The molecule has 14 heavy (non-hydrogen) atoms. The van der Waals surface area contributed by atoms with Gasteiger partial charge >= 0.3 is 0 Å². The third kappa shape index (κ3) is 1.76. The van der Waals surface area contributed by atoms with Gasteiger partial charge in [-0.05, 0) is 19.3 Å². The molecule has 2 aliphatic heterocycles. The van der Waals surface area contributed by atoms with Crippen LogP contribution in [0.4, 0.5) is 0 Å². The third-order valence-corrected chi connectivity index (χ3v) is 2.85. The zero-order valence-corrected chi connectivity index (χ0v) is 8.20. The second-order valence-corrected chi connectivity index (χ2v) is 3.75. The van der Waals surface area contributed by atoms with E-state index < -0.39 is 0 Å². The summed E-state index contributed by atoms with van der Waals surface area (Å²) < 4.78 is 16.7. The van der Waals surface area contributed by atoms with Crippen molar-refractivity contribution in [2.75, 3.05) is 19.8 Å². The molecule has 0 aliphatic carbocycles. The van der Waals surface area contributed by atoms with Crippen molar-refractivity contribution < 1.29 is 14.2 Å². The molecule has 2 fully saturated rings. The maximum atomic E-state index is 8.60. The van der Waals surface area contributed by atoms with E-state index in [1.165, 1.54) is 0 Å². The highest BCUT2D eigenvalue weighted by Gasteiger charge is 2.45. The van der Waals surface area contributed by atoms with Crippen LogP contribution in [0.25, 0.3) is 0 Å². The highest BCUT2D eigenvalue weighted by Crippen LogP contribution is 2.37. The number of nitriles is 1. The van der Waals surface area contributed by atoms with Gasteiger partial charge in [-0.3, -0.25) is 0 Å². The summed E-state index contributed by atoms with van der Waals surface area (Å²) in [5, 5.41) is 8.60. The van der Waals surface area contributed by atoms with Crippen molar-refractivity contribution in [2.45, 2.75) is 37.6 Å². The zero-order valence-electron chi connectivity index (χ0n) is 8.20. The highest BCUT2D eigenvalue weighted by atomic mass is 16.7. The van der Waals surface area contributed by atoms with Crippen LogP contribution in [0.15, 0.2) is 0 Å². The normalized spacial score (nSPS) is 33.4. The zero-order chi connectivity index (χ0) is 9.86. The smallest absolute Gasteiger partial charge is 0.186 e. The molecular weight excluding hydrogens is 182 g/mol. The Labute approximate surface area is 83.7 Å². The molecule has 2 rings (SSSR count). The van der Waals surface area contributed by atoms with Gasteiger partial charge < -0.3 is 14.2 Å². The van der Waals surface area contributed by atoms with Gasteiger partial charge in [-0.1, -0.05) is 0 Å². The topological polar surface area (TPSA) is 51.5 Å². The second kappa shape index (κ2) is 4.26. The lowest BCUT2D eigenvalue weighted by atomic mass is 9.93. The molecule has 0 N–H and O–H groups in total. The van der Waals surface area contributed by atoms with E-state index in [2.05, 4.69) is 6.07 Å². The third-order valence-electron chi connectivity index (χ3n) is 2.85. The quantitative estimate of drug-likeness (QED) is 0.682. The predicted molar refractivity (Wildman–Crippen MR) is 48.5 cm³/mol. The molecule has 4 nitrogen and oxygen atoms in total. The number of hydrogen-bond donors (Lipinski definition) is 0. The minimum absolute atomic E-state index is 0.252. The van der Waals surface area contributed by atoms with E-state index in [4.69, 9.17) is 19.5 Å². The van der Waals surface area contributed by atoms with Crippen molar-refractivity contribution in [1.82, 2.24) is 0 Å². The molecule has 2 aliphatic rings. The maximum Gasteiger partial charge on any atom is 0.186 e. The summed E-state index contributed by atoms with van der Waals surface area (Å²) in [4.78, 5) is 0. The van der Waals surface area contributed by atoms with E-state index in [1.807, 2.05) is 0 Å². The Hall–Kier alpha value is -0.630. The minimum Gasteiger partial charge on any atom is -0.370 e. The molecule has 2 heterocycles. The van der Waals surface area contributed by atoms with Gasteiger partial charge in [-0.25, -0.2) is 0 Å². The molecule has 0 aromatic carbocycles. The first-order valence-electron chi connectivity index (χ1n) is 5.11. The van der Waals surface area contributed by atoms with Crippen molar-refractivity contribution >= 4 is 0 Å². The molecule has 1 unspecified atom stereocenters. The molecule has 0 spiro atoms. The first-order chi connectivity index (χ1) is 6.87. The summed E-state index contributed by atoms with van der Waals surface area (Å²) in [6, 6.07) is 2.15. The lowest BCUT2D eigenvalue weighted by Gasteiger charge is -2.31. The molecule has 0 radical (unpaired) electrons. The first-order valence-corrected chi connectivity index (χ1v) is 5.11. The summed E-state index contributed by atoms with van der Waals surface area (Å²) in [6.45, 7) is 2.04. The van der Waals surface area contributed by atoms with Gasteiger partial charge in [-0.2, -0.15) is 5.26 Å². The fraction of sp³-hybridized carbons (Fsp3) is 0.900. The second-order valence-electron chi connectivity index (χ2n) is 3.75. The van der Waals surface area contributed by atoms with Gasteiger partial charge in [0.15, 0.2) is 6.29 Å². The summed E-state index contributed by atoms with van der Waals surface area (Å²) >= 11 is 0. The fourth-order valence-corrected chi connectivity index (χ4v) is 2.15. The Morgan fingerprint density at radius 3 is 2.64 bits per heavy atom. The van der Waals surface area contributed by atoms with Crippen LogP contribution in [-0.4, -0.2) is 31.7 Å². The molecule has 2 saturated heterocycles. The SMILES string of the molecule is N#CCCC1(C2OCCO2)CCCO1. The summed E-state index contributed by atoms with van der Waals surface area (Å²) in [7, 11) is 0. The van der Waals surface area contributed by atoms with Crippen LogP contribution >= 0.6 is 0 Å². The van der Waals surface area contributed by atoms with Crippen LogP contribution in [0.1, 0.15) is 25.7 Å². The molecule has 1 atom stereocenters. The Bertz CT molecular complexity index is 224. The van der Waals surface area contributed by atoms with Crippen molar-refractivity contribution in [1.29, 1.82) is 5.26 Å². The molecule has 4 heteroatoms. The Balaban J connectivity index is 2.01. The standard InChI is InChI=1S/C10H15NO3/c11-5-1-3-10(4-2-6-14-10)9-12-7-8-13-9/h9H,1-4,6-8H2. The van der Waals surface area contributed by atoms with Gasteiger partial charge in [0.05, 0.1) is 19.3 Å². The molecule has 0 saturated carbocycles. The van der Waals surface area contributed by atoms with Crippen LogP contribution in [-0.2, 0) is 14.2 Å². The monoisotopic (exact) mass is 197 g/mol.